The first-order valence-corrected chi connectivity index (χ1v) is 5.73. The lowest BCUT2D eigenvalue weighted by Crippen LogP contribution is -2.26. The molecule has 0 aliphatic carbocycles. The van der Waals surface area contributed by atoms with Crippen molar-refractivity contribution < 1.29 is 23.5 Å². The summed E-state index contributed by atoms with van der Waals surface area (Å²) in [4.78, 5) is 22.9. The number of carbonyl (C=O) groups excluding carboxylic acids is 1. The van der Waals surface area contributed by atoms with Crippen molar-refractivity contribution in [2.24, 2.45) is 7.05 Å². The van der Waals surface area contributed by atoms with E-state index in [1.54, 1.807) is 11.6 Å². The van der Waals surface area contributed by atoms with Crippen LogP contribution in [0.15, 0.2) is 18.5 Å². The number of aromatic nitrogens is 3. The van der Waals surface area contributed by atoms with Gasteiger partial charge in [0.2, 0.25) is 0 Å². The Kier molecular flexibility index (Phi) is 3.92. The van der Waals surface area contributed by atoms with Crippen LogP contribution in [0.2, 0.25) is 0 Å². The van der Waals surface area contributed by atoms with E-state index in [1.165, 1.54) is 6.33 Å². The Labute approximate surface area is 117 Å². The van der Waals surface area contributed by atoms with Crippen molar-refractivity contribution in [1.82, 2.24) is 20.1 Å². The number of benzene rings is 1. The summed E-state index contributed by atoms with van der Waals surface area (Å²) in [5.74, 6) is -4.60. The molecule has 1 heterocycles. The van der Waals surface area contributed by atoms with Crippen LogP contribution in [0.4, 0.5) is 8.78 Å². The molecule has 1 amide bonds. The van der Waals surface area contributed by atoms with Gasteiger partial charge in [-0.3, -0.25) is 4.79 Å². The number of carbonyl (C=O) groups is 2. The Bertz CT molecular complexity index is 715. The number of aromatic carboxylic acids is 1. The smallest absolute Gasteiger partial charge is 0.336 e. The first-order chi connectivity index (χ1) is 9.90. The van der Waals surface area contributed by atoms with E-state index < -0.39 is 34.6 Å². The van der Waals surface area contributed by atoms with Gasteiger partial charge in [0.1, 0.15) is 6.33 Å². The lowest BCUT2D eigenvalue weighted by atomic mass is 10.1. The Balaban J connectivity index is 2.24. The summed E-state index contributed by atoms with van der Waals surface area (Å²) in [7, 11) is 1.65. The summed E-state index contributed by atoms with van der Waals surface area (Å²) in [5, 5.41) is 18.6. The number of halogens is 2. The molecule has 2 N–H and O–H groups in total. The minimum atomic E-state index is -1.53. The minimum Gasteiger partial charge on any atom is -0.478 e. The number of nitrogens with one attached hydrogen (secondary N) is 1. The molecule has 0 saturated carbocycles. The molecule has 0 aliphatic rings. The molecule has 7 nitrogen and oxygen atoms in total. The molecule has 0 bridgehead atoms. The van der Waals surface area contributed by atoms with Gasteiger partial charge < -0.3 is 15.0 Å². The third kappa shape index (κ3) is 3.02. The van der Waals surface area contributed by atoms with E-state index in [1.807, 2.05) is 0 Å². The van der Waals surface area contributed by atoms with Crippen molar-refractivity contribution in [3.05, 3.63) is 47.0 Å². The van der Waals surface area contributed by atoms with Crippen molar-refractivity contribution in [1.29, 1.82) is 0 Å². The largest absolute Gasteiger partial charge is 0.478 e. The molecule has 1 aromatic heterocycles. The first-order valence-electron chi connectivity index (χ1n) is 5.73. The van der Waals surface area contributed by atoms with E-state index in [9.17, 15) is 18.4 Å². The molecule has 0 unspecified atom stereocenters. The van der Waals surface area contributed by atoms with Crippen LogP contribution in [0.25, 0.3) is 0 Å². The molecule has 0 atom stereocenters. The number of hydrogen-bond donors (Lipinski definition) is 2. The summed E-state index contributed by atoms with van der Waals surface area (Å²) in [6.45, 7) is -0.0343. The van der Waals surface area contributed by atoms with Crippen LogP contribution < -0.4 is 5.32 Å². The average molecular weight is 296 g/mol. The molecule has 9 heteroatoms. The van der Waals surface area contributed by atoms with Crippen LogP contribution in [-0.4, -0.2) is 31.7 Å². The van der Waals surface area contributed by atoms with Crippen LogP contribution in [0.3, 0.4) is 0 Å². The van der Waals surface area contributed by atoms with Crippen LogP contribution in [0, 0.1) is 11.6 Å². The predicted molar refractivity (Wildman–Crippen MR) is 65.5 cm³/mol. The second-order valence-corrected chi connectivity index (χ2v) is 4.16. The number of nitrogens with zero attached hydrogens (tertiary/aromatic N) is 3. The highest BCUT2D eigenvalue weighted by atomic mass is 19.2. The number of aryl methyl sites for hydroxylation is 1. The lowest BCUT2D eigenvalue weighted by molar-refractivity contribution is 0.0690. The SMILES string of the molecule is Cn1cnnc1CNC(=O)c1cc(F)c(F)cc1C(=O)O. The lowest BCUT2D eigenvalue weighted by Gasteiger charge is -2.08. The standard InChI is InChI=1S/C12H10F2N4O3/c1-18-5-16-17-10(18)4-15-11(19)6-2-8(13)9(14)3-7(6)12(20)21/h2-3,5H,4H2,1H3,(H,15,19)(H,20,21). The maximum atomic E-state index is 13.2. The van der Waals surface area contributed by atoms with Crippen LogP contribution in [0.5, 0.6) is 0 Å². The average Bonchev–Trinajstić information content (AvgIpc) is 2.84. The Morgan fingerprint density at radius 3 is 2.43 bits per heavy atom. The van der Waals surface area contributed by atoms with Crippen molar-refractivity contribution in [2.75, 3.05) is 0 Å². The predicted octanol–water partition coefficient (Wildman–Crippen LogP) is 0.722. The van der Waals surface area contributed by atoms with Crippen molar-refractivity contribution in [2.45, 2.75) is 6.54 Å². The number of carboxylic acid groups (broad SMARTS) is 1. The number of rotatable bonds is 4. The molecule has 0 aliphatic heterocycles. The number of hydrogen-bond acceptors (Lipinski definition) is 4. The fourth-order valence-corrected chi connectivity index (χ4v) is 1.63. The van der Waals surface area contributed by atoms with Gasteiger partial charge in [-0.2, -0.15) is 0 Å². The third-order valence-electron chi connectivity index (χ3n) is 2.75. The zero-order chi connectivity index (χ0) is 15.6. The molecule has 0 spiro atoms. The molecule has 21 heavy (non-hydrogen) atoms. The maximum absolute atomic E-state index is 13.2. The van der Waals surface area contributed by atoms with Gasteiger partial charge in [0.25, 0.3) is 5.91 Å². The number of amides is 1. The van der Waals surface area contributed by atoms with Gasteiger partial charge in [-0.15, -0.1) is 10.2 Å². The minimum absolute atomic E-state index is 0.0343. The number of carboxylic acids is 1. The van der Waals surface area contributed by atoms with E-state index >= 15 is 0 Å². The monoisotopic (exact) mass is 296 g/mol. The zero-order valence-corrected chi connectivity index (χ0v) is 10.8. The molecule has 0 radical (unpaired) electrons. The molecule has 0 saturated heterocycles. The van der Waals surface area contributed by atoms with E-state index in [0.29, 0.717) is 18.0 Å². The Morgan fingerprint density at radius 2 is 1.90 bits per heavy atom. The van der Waals surface area contributed by atoms with E-state index in [0.717, 1.165) is 0 Å². The highest BCUT2D eigenvalue weighted by Crippen LogP contribution is 2.15. The molecule has 110 valence electrons. The second kappa shape index (κ2) is 5.65. The molecule has 2 rings (SSSR count). The van der Waals surface area contributed by atoms with Crippen LogP contribution >= 0.6 is 0 Å². The fourth-order valence-electron chi connectivity index (χ4n) is 1.63. The summed E-state index contributed by atoms with van der Waals surface area (Å²) in [5.41, 5.74) is -1.09. The van der Waals surface area contributed by atoms with Crippen LogP contribution in [0.1, 0.15) is 26.5 Å². The van der Waals surface area contributed by atoms with Gasteiger partial charge in [-0.05, 0) is 12.1 Å². The van der Waals surface area contributed by atoms with Crippen molar-refractivity contribution in [3.63, 3.8) is 0 Å². The fraction of sp³-hybridized carbons (Fsp3) is 0.167. The first kappa shape index (κ1) is 14.6. The quantitative estimate of drug-likeness (QED) is 0.866. The van der Waals surface area contributed by atoms with E-state index in [-0.39, 0.29) is 6.54 Å². The highest BCUT2D eigenvalue weighted by molar-refractivity contribution is 6.04. The third-order valence-corrected chi connectivity index (χ3v) is 2.75. The summed E-state index contributed by atoms with van der Waals surface area (Å²) in [6.07, 6.45) is 1.42. The molecule has 1 aromatic carbocycles. The normalized spacial score (nSPS) is 10.4. The van der Waals surface area contributed by atoms with E-state index in [2.05, 4.69) is 15.5 Å². The summed E-state index contributed by atoms with van der Waals surface area (Å²) < 4.78 is 27.8. The van der Waals surface area contributed by atoms with E-state index in [4.69, 9.17) is 5.11 Å². The molecule has 2 aromatic rings. The Hall–Kier alpha value is -2.84. The van der Waals surface area contributed by atoms with Gasteiger partial charge in [0, 0.05) is 7.05 Å². The summed E-state index contributed by atoms with van der Waals surface area (Å²) >= 11 is 0. The van der Waals surface area contributed by atoms with Gasteiger partial charge in [-0.1, -0.05) is 0 Å². The van der Waals surface area contributed by atoms with Gasteiger partial charge in [-0.25, -0.2) is 13.6 Å². The second-order valence-electron chi connectivity index (χ2n) is 4.16. The topological polar surface area (TPSA) is 97.1 Å². The highest BCUT2D eigenvalue weighted by Gasteiger charge is 2.20. The van der Waals surface area contributed by atoms with Crippen LogP contribution in [-0.2, 0) is 13.6 Å². The zero-order valence-electron chi connectivity index (χ0n) is 10.8. The maximum Gasteiger partial charge on any atom is 0.336 e. The van der Waals surface area contributed by atoms with Gasteiger partial charge in [0.05, 0.1) is 17.7 Å². The van der Waals surface area contributed by atoms with Crippen molar-refractivity contribution >= 4 is 11.9 Å². The molecular weight excluding hydrogens is 286 g/mol. The van der Waals surface area contributed by atoms with Gasteiger partial charge in [0.15, 0.2) is 17.5 Å². The summed E-state index contributed by atoms with van der Waals surface area (Å²) in [6, 6.07) is 1.01. The molecule has 0 fully saturated rings. The van der Waals surface area contributed by atoms with Crippen molar-refractivity contribution in [3.8, 4) is 0 Å². The van der Waals surface area contributed by atoms with Gasteiger partial charge >= 0.3 is 5.97 Å². The molecular formula is C12H10F2N4O3. The Morgan fingerprint density at radius 1 is 1.29 bits per heavy atom.